The third kappa shape index (κ3) is 137. The summed E-state index contributed by atoms with van der Waals surface area (Å²) in [6, 6.07) is 0. The van der Waals surface area contributed by atoms with Gasteiger partial charge in [0.25, 0.3) is 0 Å². The molecule has 0 aromatic rings. The third-order valence-corrected chi connectivity index (χ3v) is 0. The molecule has 0 aromatic carbocycles. The molecule has 0 rings (SSSR count). The SMILES string of the molecule is CC(C)=O.O=C([O-])O.[NH4+]. The fourth-order valence-electron chi connectivity index (χ4n) is 0. The highest BCUT2D eigenvalue weighted by Crippen LogP contribution is 1.50. The van der Waals surface area contributed by atoms with E-state index in [0.29, 0.717) is 0 Å². The molecule has 0 unspecified atom stereocenters. The molecule has 0 aliphatic heterocycles. The molecule has 0 bridgehead atoms. The molecule has 0 spiro atoms. The molecule has 0 aliphatic rings. The van der Waals surface area contributed by atoms with Crippen molar-refractivity contribution in [2.45, 2.75) is 13.8 Å². The third-order valence-electron chi connectivity index (χ3n) is 0. The summed E-state index contributed by atoms with van der Waals surface area (Å²) in [5.74, 6) is 0.167. The van der Waals surface area contributed by atoms with Crippen LogP contribution in [0.25, 0.3) is 0 Å². The van der Waals surface area contributed by atoms with Crippen LogP contribution in [0.3, 0.4) is 0 Å². The Morgan fingerprint density at radius 3 is 1.33 bits per heavy atom. The van der Waals surface area contributed by atoms with Gasteiger partial charge in [-0.25, -0.2) is 0 Å². The maximum Gasteiger partial charge on any atom is 0.249 e. The van der Waals surface area contributed by atoms with Crippen LogP contribution in [0.1, 0.15) is 13.8 Å². The standard InChI is InChI=1S/C3H6O.CH2O3.H3N/c1-3(2)4;2-1(3)4;/h1-2H3;(H2,2,3,4);1H3. The molecule has 0 atom stereocenters. The lowest BCUT2D eigenvalue weighted by atomic mass is 10.6. The van der Waals surface area contributed by atoms with Gasteiger partial charge in [0.05, 0.1) is 0 Å². The second-order valence-electron chi connectivity index (χ2n) is 1.17. The van der Waals surface area contributed by atoms with Gasteiger partial charge in [-0.1, -0.05) is 0 Å². The minimum atomic E-state index is -2.08. The molecule has 9 heavy (non-hydrogen) atoms. The molecule has 0 fully saturated rings. The van der Waals surface area contributed by atoms with Crippen molar-refractivity contribution in [1.29, 1.82) is 0 Å². The van der Waals surface area contributed by atoms with Crippen molar-refractivity contribution in [3.05, 3.63) is 0 Å². The van der Waals surface area contributed by atoms with Crippen molar-refractivity contribution < 1.29 is 19.8 Å². The largest absolute Gasteiger partial charge is 0.565 e. The highest BCUT2D eigenvalue weighted by Gasteiger charge is 1.62. The summed E-state index contributed by atoms with van der Waals surface area (Å²) in [7, 11) is 0. The lowest BCUT2D eigenvalue weighted by molar-refractivity contribution is -0.275. The first-order chi connectivity index (χ1) is 3.46. The molecular weight excluding hydrogens is 126 g/mol. The van der Waals surface area contributed by atoms with E-state index in [4.69, 9.17) is 15.0 Å². The molecule has 5 N–H and O–H groups in total. The van der Waals surface area contributed by atoms with E-state index in [9.17, 15) is 4.79 Å². The van der Waals surface area contributed by atoms with Gasteiger partial charge in [0.2, 0.25) is 6.16 Å². The normalized spacial score (nSPS) is 5.56. The monoisotopic (exact) mass is 137 g/mol. The maximum absolute atomic E-state index is 9.44. The molecule has 0 radical (unpaired) electrons. The molecule has 5 nitrogen and oxygen atoms in total. The van der Waals surface area contributed by atoms with Gasteiger partial charge in [0.1, 0.15) is 5.78 Å². The number of carboxylic acid groups (broad SMARTS) is 2. The van der Waals surface area contributed by atoms with E-state index in [1.165, 1.54) is 13.8 Å². The number of carbonyl (C=O) groups is 2. The van der Waals surface area contributed by atoms with E-state index in [0.717, 1.165) is 0 Å². The zero-order valence-corrected chi connectivity index (χ0v) is 5.67. The van der Waals surface area contributed by atoms with E-state index in [1.54, 1.807) is 0 Å². The Morgan fingerprint density at radius 2 is 1.33 bits per heavy atom. The molecular formula is C4H11NO4. The van der Waals surface area contributed by atoms with Crippen LogP contribution < -0.4 is 11.3 Å². The number of quaternary nitrogens is 1. The number of ketones is 1. The predicted octanol–water partition coefficient (Wildman–Crippen LogP) is -0.141. The Kier molecular flexibility index (Phi) is 17.4. The Labute approximate surface area is 52.9 Å². The van der Waals surface area contributed by atoms with Gasteiger partial charge in [0.15, 0.2) is 0 Å². The number of hydrogen-bond acceptors (Lipinski definition) is 3. The van der Waals surface area contributed by atoms with Gasteiger partial charge >= 0.3 is 0 Å². The highest BCUT2D eigenvalue weighted by molar-refractivity contribution is 5.72. The summed E-state index contributed by atoms with van der Waals surface area (Å²) in [6.45, 7) is 3.06. The van der Waals surface area contributed by atoms with E-state index in [2.05, 4.69) is 0 Å². The average molecular weight is 137 g/mol. The molecule has 0 saturated heterocycles. The topological polar surface area (TPSA) is 114 Å². The number of hydrogen-bond donors (Lipinski definition) is 2. The Balaban J connectivity index is -0.0000000720. The van der Waals surface area contributed by atoms with Crippen molar-refractivity contribution in [3.8, 4) is 0 Å². The minimum Gasteiger partial charge on any atom is -0.565 e. The molecule has 5 heteroatoms. The number of Topliss-reactive ketones (excluding diaryl/α,β-unsaturated/α-hetero) is 1. The lowest BCUT2D eigenvalue weighted by Gasteiger charge is -1.74. The predicted molar refractivity (Wildman–Crippen MR) is 30.4 cm³/mol. The molecule has 0 saturated carbocycles. The van der Waals surface area contributed by atoms with Crippen molar-refractivity contribution in [1.82, 2.24) is 6.15 Å². The van der Waals surface area contributed by atoms with E-state index in [1.807, 2.05) is 0 Å². The second-order valence-corrected chi connectivity index (χ2v) is 1.17. The van der Waals surface area contributed by atoms with Crippen molar-refractivity contribution >= 4 is 11.9 Å². The van der Waals surface area contributed by atoms with Crippen LogP contribution in [0.2, 0.25) is 0 Å². The maximum atomic E-state index is 9.44. The Morgan fingerprint density at radius 1 is 1.33 bits per heavy atom. The zero-order valence-electron chi connectivity index (χ0n) is 5.67. The number of rotatable bonds is 0. The first-order valence-corrected chi connectivity index (χ1v) is 1.84. The number of carbonyl (C=O) groups excluding carboxylic acids is 1. The van der Waals surface area contributed by atoms with Crippen LogP contribution >= 0.6 is 0 Å². The summed E-state index contributed by atoms with van der Waals surface area (Å²) < 4.78 is 0. The van der Waals surface area contributed by atoms with Crippen molar-refractivity contribution in [2.75, 3.05) is 0 Å². The molecule has 0 amide bonds. The molecule has 0 heterocycles. The average Bonchev–Trinajstić information content (AvgIpc) is 1.25. The zero-order chi connectivity index (χ0) is 7.15. The van der Waals surface area contributed by atoms with Crippen molar-refractivity contribution in [3.63, 3.8) is 0 Å². The molecule has 0 aromatic heterocycles. The quantitative estimate of drug-likeness (QED) is 0.483. The Hall–Kier alpha value is -1.10. The fourth-order valence-corrected chi connectivity index (χ4v) is 0. The molecule has 0 aliphatic carbocycles. The smallest absolute Gasteiger partial charge is 0.249 e. The fraction of sp³-hybridized carbons (Fsp3) is 0.500. The van der Waals surface area contributed by atoms with Crippen LogP contribution in [-0.4, -0.2) is 17.0 Å². The minimum absolute atomic E-state index is 0. The van der Waals surface area contributed by atoms with Gasteiger partial charge in [0, 0.05) is 0 Å². The molecule has 56 valence electrons. The first kappa shape index (κ1) is 15.7. The first-order valence-electron chi connectivity index (χ1n) is 1.84. The van der Waals surface area contributed by atoms with Gasteiger partial charge in [-0.15, -0.1) is 0 Å². The summed E-state index contributed by atoms with van der Waals surface area (Å²) >= 11 is 0. The van der Waals surface area contributed by atoms with E-state index < -0.39 is 6.16 Å². The van der Waals surface area contributed by atoms with Crippen LogP contribution in [0.4, 0.5) is 4.79 Å². The summed E-state index contributed by atoms with van der Waals surface area (Å²) in [5, 5.41) is 15.3. The van der Waals surface area contributed by atoms with Gasteiger partial charge in [-0.05, 0) is 13.8 Å². The van der Waals surface area contributed by atoms with Gasteiger partial charge in [-0.3, -0.25) is 0 Å². The van der Waals surface area contributed by atoms with Gasteiger partial charge < -0.3 is 26.0 Å². The lowest BCUT2D eigenvalue weighted by Crippen LogP contribution is -2.17. The van der Waals surface area contributed by atoms with Gasteiger partial charge in [-0.2, -0.15) is 0 Å². The van der Waals surface area contributed by atoms with Crippen LogP contribution in [0, 0.1) is 0 Å². The van der Waals surface area contributed by atoms with Crippen molar-refractivity contribution in [2.24, 2.45) is 0 Å². The van der Waals surface area contributed by atoms with E-state index in [-0.39, 0.29) is 11.9 Å². The van der Waals surface area contributed by atoms with Crippen LogP contribution in [0.5, 0.6) is 0 Å². The second kappa shape index (κ2) is 10.0. The summed E-state index contributed by atoms with van der Waals surface area (Å²) in [6.07, 6.45) is -2.08. The van der Waals surface area contributed by atoms with E-state index >= 15 is 0 Å². The van der Waals surface area contributed by atoms with Crippen LogP contribution in [-0.2, 0) is 4.79 Å². The highest BCUT2D eigenvalue weighted by atomic mass is 16.6. The van der Waals surface area contributed by atoms with Crippen LogP contribution in [0.15, 0.2) is 0 Å². The summed E-state index contributed by atoms with van der Waals surface area (Å²) in [5.41, 5.74) is 0. The Bertz CT molecular complexity index is 70.6. The summed E-state index contributed by atoms with van der Waals surface area (Å²) in [4.78, 5) is 17.9.